The van der Waals surface area contributed by atoms with Crippen molar-refractivity contribution in [1.29, 1.82) is 0 Å². The first-order valence-corrected chi connectivity index (χ1v) is 15.0. The number of nitrogens with zero attached hydrogens (tertiary/aromatic N) is 1. The van der Waals surface area contributed by atoms with Crippen molar-refractivity contribution in [3.8, 4) is 0 Å². The zero-order chi connectivity index (χ0) is 26.2. The Morgan fingerprint density at radius 3 is 1.49 bits per heavy atom. The molecule has 0 aromatic rings. The molecule has 0 amide bonds. The summed E-state index contributed by atoms with van der Waals surface area (Å²) in [7, 11) is 0. The lowest BCUT2D eigenvalue weighted by Gasteiger charge is -2.44. The molecule has 0 radical (unpaired) electrons. The van der Waals surface area contributed by atoms with Crippen LogP contribution in [0.1, 0.15) is 137 Å². The summed E-state index contributed by atoms with van der Waals surface area (Å²) in [6.07, 6.45) is 22.8. The summed E-state index contributed by atoms with van der Waals surface area (Å²) < 4.78 is 12.7. The number of aliphatic hydroxyl groups excluding tert-OH is 2. The first-order valence-electron chi connectivity index (χ1n) is 15.0. The number of ether oxygens (including phenoxy) is 2. The van der Waals surface area contributed by atoms with Crippen LogP contribution in [0.25, 0.3) is 0 Å². The molecule has 35 heavy (non-hydrogen) atoms. The summed E-state index contributed by atoms with van der Waals surface area (Å²) in [5.74, 6) is -0.876. The van der Waals surface area contributed by atoms with Crippen LogP contribution in [0.4, 0.5) is 0 Å². The molecule has 0 aliphatic carbocycles. The van der Waals surface area contributed by atoms with Gasteiger partial charge in [0.2, 0.25) is 5.91 Å². The third-order valence-electron chi connectivity index (χ3n) is 6.27. The van der Waals surface area contributed by atoms with Crippen LogP contribution in [0, 0.1) is 0 Å². The number of hydrogen-bond acceptors (Lipinski definition) is 5. The Balaban J connectivity index is 4.48. The van der Waals surface area contributed by atoms with Gasteiger partial charge in [-0.25, -0.2) is 4.90 Å². The van der Waals surface area contributed by atoms with Gasteiger partial charge < -0.3 is 19.7 Å². The van der Waals surface area contributed by atoms with E-state index in [1.807, 2.05) is 4.90 Å². The second-order valence-corrected chi connectivity index (χ2v) is 10.3. The average molecular weight is 500 g/mol. The zero-order valence-corrected chi connectivity index (χ0v) is 24.1. The Bertz CT molecular complexity index is 449. The van der Waals surface area contributed by atoms with E-state index in [1.54, 1.807) is 13.8 Å². The minimum atomic E-state index is -0.876. The molecule has 210 valence electrons. The summed E-state index contributed by atoms with van der Waals surface area (Å²) in [6.45, 7) is 12.1. The van der Waals surface area contributed by atoms with E-state index in [4.69, 9.17) is 9.47 Å². The largest absolute Gasteiger partial charge is 0.392 e. The molecule has 2 unspecified atom stereocenters. The number of allylic oxidation sites excluding steroid dienone is 2. The van der Waals surface area contributed by atoms with Crippen LogP contribution >= 0.6 is 0 Å². The van der Waals surface area contributed by atoms with Crippen LogP contribution in [0.5, 0.6) is 0 Å². The van der Waals surface area contributed by atoms with Crippen molar-refractivity contribution in [2.24, 2.45) is 0 Å². The van der Waals surface area contributed by atoms with Crippen LogP contribution in [0.3, 0.4) is 0 Å². The fourth-order valence-corrected chi connectivity index (χ4v) is 4.46. The van der Waals surface area contributed by atoms with Gasteiger partial charge in [0.25, 0.3) is 0 Å². The van der Waals surface area contributed by atoms with Crippen molar-refractivity contribution in [3.63, 3.8) is 0 Å². The van der Waals surface area contributed by atoms with E-state index in [2.05, 4.69) is 32.9 Å². The molecule has 0 bridgehead atoms. The lowest BCUT2D eigenvalue weighted by atomic mass is 10.1. The lowest BCUT2D eigenvalue weighted by molar-refractivity contribution is -0.328. The van der Waals surface area contributed by atoms with E-state index in [0.717, 1.165) is 32.1 Å². The first-order chi connectivity index (χ1) is 16.9. The Hall–Kier alpha value is -0.460. The summed E-state index contributed by atoms with van der Waals surface area (Å²) in [5.41, 5.74) is 0. The molecular weight excluding hydrogens is 438 g/mol. The smallest absolute Gasteiger partial charge is 0.230 e. The van der Waals surface area contributed by atoms with Gasteiger partial charge in [0.1, 0.15) is 0 Å². The second-order valence-electron chi connectivity index (χ2n) is 10.3. The molecule has 0 aliphatic heterocycles. The number of unbranched alkanes of at least 4 members (excludes halogenated alkanes) is 11. The van der Waals surface area contributed by atoms with Gasteiger partial charge in [0.15, 0.2) is 0 Å². The van der Waals surface area contributed by atoms with E-state index in [9.17, 15) is 10.2 Å². The van der Waals surface area contributed by atoms with Crippen LogP contribution in [-0.2, 0) is 9.47 Å². The summed E-state index contributed by atoms with van der Waals surface area (Å²) in [6, 6.07) is 0. The van der Waals surface area contributed by atoms with Crippen molar-refractivity contribution in [2.75, 3.05) is 26.3 Å². The van der Waals surface area contributed by atoms with Gasteiger partial charge in [-0.1, -0.05) is 84.3 Å². The molecule has 0 saturated carbocycles. The molecule has 0 rings (SSSR count). The molecule has 5 nitrogen and oxygen atoms in total. The predicted molar refractivity (Wildman–Crippen MR) is 150 cm³/mol. The minimum absolute atomic E-state index is 0.420. The van der Waals surface area contributed by atoms with Crippen LogP contribution in [0.2, 0.25) is 0 Å². The molecule has 0 aromatic heterocycles. The maximum atomic E-state index is 10.1. The fraction of sp³-hybridized carbons (Fsp3) is 0.933. The highest BCUT2D eigenvalue weighted by molar-refractivity contribution is 4.81. The first kappa shape index (κ1) is 34.5. The number of rotatable bonds is 26. The van der Waals surface area contributed by atoms with E-state index >= 15 is 0 Å². The fourth-order valence-electron chi connectivity index (χ4n) is 4.46. The highest BCUT2D eigenvalue weighted by Crippen LogP contribution is 2.28. The molecule has 0 aromatic carbocycles. The average Bonchev–Trinajstić information content (AvgIpc) is 2.82. The summed E-state index contributed by atoms with van der Waals surface area (Å²) in [5, 5.41) is 20.2. The minimum Gasteiger partial charge on any atom is -0.392 e. The van der Waals surface area contributed by atoms with Crippen molar-refractivity contribution >= 4 is 0 Å². The molecular formula is C30H61NO4. The molecule has 0 spiro atoms. The maximum absolute atomic E-state index is 10.1. The Kier molecular flexibility index (Phi) is 23.6. The monoisotopic (exact) mass is 499 g/mol. The molecule has 0 heterocycles. The Labute approximate surface area is 218 Å². The standard InChI is InChI=1S/C30H61NO4/c1-6-9-10-11-12-13-14-15-16-17-18-19-20-21-22-23-30(34-24-7-2,35-25-8-3)31(26-28(4)32)27-29(5)33/h15-16,28-29,32-33H,6-14,17-27H2,1-5H3/b16-15-. The Morgan fingerprint density at radius 2 is 1.06 bits per heavy atom. The molecule has 2 N–H and O–H groups in total. The topological polar surface area (TPSA) is 62.2 Å². The highest BCUT2D eigenvalue weighted by Gasteiger charge is 2.39. The second kappa shape index (κ2) is 23.9. The van der Waals surface area contributed by atoms with Crippen molar-refractivity contribution in [3.05, 3.63) is 12.2 Å². The van der Waals surface area contributed by atoms with Crippen molar-refractivity contribution in [1.82, 2.24) is 4.90 Å². The number of aliphatic hydroxyl groups is 2. The van der Waals surface area contributed by atoms with Gasteiger partial charge in [-0.15, -0.1) is 0 Å². The quantitative estimate of drug-likeness (QED) is 0.0729. The maximum Gasteiger partial charge on any atom is 0.230 e. The lowest BCUT2D eigenvalue weighted by Crippen LogP contribution is -2.57. The van der Waals surface area contributed by atoms with Crippen LogP contribution < -0.4 is 0 Å². The third kappa shape index (κ3) is 19.3. The normalized spacial score (nSPS) is 14.3. The third-order valence-corrected chi connectivity index (χ3v) is 6.27. The molecule has 5 heteroatoms. The molecule has 2 atom stereocenters. The molecule has 0 fully saturated rings. The summed E-state index contributed by atoms with van der Waals surface area (Å²) in [4.78, 5) is 2.02. The number of hydrogen-bond donors (Lipinski definition) is 2. The van der Waals surface area contributed by atoms with Gasteiger partial charge >= 0.3 is 0 Å². The van der Waals surface area contributed by atoms with E-state index in [0.29, 0.717) is 26.3 Å². The summed E-state index contributed by atoms with van der Waals surface area (Å²) >= 11 is 0. The zero-order valence-electron chi connectivity index (χ0n) is 24.1. The predicted octanol–water partition coefficient (Wildman–Crippen LogP) is 7.59. The van der Waals surface area contributed by atoms with Gasteiger partial charge in [0, 0.05) is 19.5 Å². The van der Waals surface area contributed by atoms with Gasteiger partial charge in [0.05, 0.1) is 25.4 Å². The van der Waals surface area contributed by atoms with E-state index < -0.39 is 18.1 Å². The van der Waals surface area contributed by atoms with Gasteiger partial charge in [-0.3, -0.25) is 0 Å². The SMILES string of the molecule is CCCCCCCC/C=C\CCCCCCCC(OCCC)(OCCC)N(CC(C)O)CC(C)O. The van der Waals surface area contributed by atoms with Crippen molar-refractivity contribution < 1.29 is 19.7 Å². The van der Waals surface area contributed by atoms with Gasteiger partial charge in [-0.2, -0.15) is 0 Å². The van der Waals surface area contributed by atoms with Crippen LogP contribution in [0.15, 0.2) is 12.2 Å². The van der Waals surface area contributed by atoms with Crippen LogP contribution in [-0.4, -0.2) is 59.5 Å². The van der Waals surface area contributed by atoms with Crippen molar-refractivity contribution in [2.45, 2.75) is 155 Å². The van der Waals surface area contributed by atoms with Gasteiger partial charge in [-0.05, 0) is 58.8 Å². The highest BCUT2D eigenvalue weighted by atomic mass is 16.7. The van der Waals surface area contributed by atoms with E-state index in [-0.39, 0.29) is 0 Å². The molecule has 0 saturated heterocycles. The Morgan fingerprint density at radius 1 is 0.629 bits per heavy atom. The molecule has 0 aliphatic rings. The van der Waals surface area contributed by atoms with E-state index in [1.165, 1.54) is 70.6 Å².